The largest absolute Gasteiger partial charge is 0.379 e. The second kappa shape index (κ2) is 10.2. The maximum Gasteiger partial charge on any atom is 0.110 e. The van der Waals surface area contributed by atoms with E-state index in [1.165, 1.54) is 24.8 Å². The molecule has 0 radical (unpaired) electrons. The van der Waals surface area contributed by atoms with E-state index in [-0.39, 0.29) is 12.4 Å². The normalized spacial score (nSPS) is 25.3. The summed E-state index contributed by atoms with van der Waals surface area (Å²) in [4.78, 5) is 4.58. The van der Waals surface area contributed by atoms with Gasteiger partial charge in [-0.05, 0) is 24.3 Å². The van der Waals surface area contributed by atoms with Crippen molar-refractivity contribution in [3.63, 3.8) is 0 Å². The molecule has 2 fully saturated rings. The lowest BCUT2D eigenvalue weighted by Crippen LogP contribution is -2.51. The smallest absolute Gasteiger partial charge is 0.110 e. The van der Waals surface area contributed by atoms with Crippen LogP contribution in [0.5, 0.6) is 0 Å². The lowest BCUT2D eigenvalue weighted by Gasteiger charge is -2.33. The van der Waals surface area contributed by atoms with Gasteiger partial charge in [-0.3, -0.25) is 0 Å². The number of hydrogen-bond donors (Lipinski definition) is 2. The first-order chi connectivity index (χ1) is 12.9. The third-order valence-corrected chi connectivity index (χ3v) is 5.79. The predicted molar refractivity (Wildman–Crippen MR) is 110 cm³/mol. The van der Waals surface area contributed by atoms with Gasteiger partial charge in [-0.2, -0.15) is 0 Å². The van der Waals surface area contributed by atoms with Crippen LogP contribution in [0.1, 0.15) is 30.7 Å². The van der Waals surface area contributed by atoms with Crippen molar-refractivity contribution in [2.24, 2.45) is 5.92 Å². The van der Waals surface area contributed by atoms with Gasteiger partial charge in [0.05, 0.1) is 13.2 Å². The Bertz CT molecular complexity index is 672. The molecule has 1 aromatic carbocycles. The number of halogens is 1. The standard InChI is InChI=1S/C21H30N4O.ClH/c1-2-5-17(6-3-1)15-25-13-11-24-21(25)9-10-22-19-8-4-7-18(19)20-16-26-14-12-23-20;/h1-3,5-6,11,13,18-20,22-23H,4,7-10,12,14-16H2;1H. The molecular formula is C21H31ClN4O. The quantitative estimate of drug-likeness (QED) is 0.763. The van der Waals surface area contributed by atoms with Crippen LogP contribution in [-0.2, 0) is 17.7 Å². The van der Waals surface area contributed by atoms with E-state index in [9.17, 15) is 0 Å². The first-order valence-electron chi connectivity index (χ1n) is 9.98. The highest BCUT2D eigenvalue weighted by atomic mass is 35.5. The number of nitrogens with zero attached hydrogens (tertiary/aromatic N) is 2. The third kappa shape index (κ3) is 5.32. The molecule has 2 aromatic rings. The van der Waals surface area contributed by atoms with E-state index in [1.54, 1.807) is 0 Å². The minimum absolute atomic E-state index is 0. The summed E-state index contributed by atoms with van der Waals surface area (Å²) in [5.74, 6) is 1.86. The second-order valence-corrected chi connectivity index (χ2v) is 7.50. The maximum absolute atomic E-state index is 5.67. The SMILES string of the molecule is Cl.c1ccc(Cn2ccnc2CCNC2CCCC2C2COCCN2)cc1. The zero-order valence-corrected chi connectivity index (χ0v) is 16.7. The van der Waals surface area contributed by atoms with E-state index in [0.29, 0.717) is 18.0 Å². The molecule has 4 rings (SSSR count). The Morgan fingerprint density at radius 1 is 1.22 bits per heavy atom. The predicted octanol–water partition coefficient (Wildman–Crippen LogP) is 2.64. The van der Waals surface area contributed by atoms with Gasteiger partial charge in [0.2, 0.25) is 0 Å². The van der Waals surface area contributed by atoms with Gasteiger partial charge in [0.1, 0.15) is 5.82 Å². The lowest BCUT2D eigenvalue weighted by molar-refractivity contribution is 0.0526. The number of morpholine rings is 1. The Labute approximate surface area is 168 Å². The van der Waals surface area contributed by atoms with Gasteiger partial charge in [0.25, 0.3) is 0 Å². The Morgan fingerprint density at radius 3 is 2.93 bits per heavy atom. The zero-order chi connectivity index (χ0) is 17.6. The van der Waals surface area contributed by atoms with Crippen LogP contribution in [-0.4, -0.2) is 47.9 Å². The monoisotopic (exact) mass is 390 g/mol. The molecule has 5 nitrogen and oxygen atoms in total. The number of hydrogen-bond acceptors (Lipinski definition) is 4. The van der Waals surface area contributed by atoms with E-state index in [4.69, 9.17) is 4.74 Å². The summed E-state index contributed by atoms with van der Waals surface area (Å²) in [5.41, 5.74) is 1.32. The van der Waals surface area contributed by atoms with Gasteiger partial charge in [0.15, 0.2) is 0 Å². The summed E-state index contributed by atoms with van der Waals surface area (Å²) < 4.78 is 7.94. The van der Waals surface area contributed by atoms with E-state index >= 15 is 0 Å². The van der Waals surface area contributed by atoms with Crippen LogP contribution >= 0.6 is 12.4 Å². The van der Waals surface area contributed by atoms with Gasteiger partial charge in [-0.25, -0.2) is 4.98 Å². The highest BCUT2D eigenvalue weighted by Crippen LogP contribution is 2.29. The van der Waals surface area contributed by atoms with Gasteiger partial charge in [0, 0.05) is 50.5 Å². The summed E-state index contributed by atoms with van der Waals surface area (Å²) in [6, 6.07) is 11.7. The topological polar surface area (TPSA) is 51.1 Å². The minimum Gasteiger partial charge on any atom is -0.379 e. The van der Waals surface area contributed by atoms with E-state index in [1.807, 2.05) is 6.20 Å². The number of benzene rings is 1. The molecule has 1 aromatic heterocycles. The molecule has 1 saturated heterocycles. The second-order valence-electron chi connectivity index (χ2n) is 7.50. The van der Waals surface area contributed by atoms with E-state index < -0.39 is 0 Å². The van der Waals surface area contributed by atoms with Gasteiger partial charge < -0.3 is 19.9 Å². The fourth-order valence-corrected chi connectivity index (χ4v) is 4.45. The average molecular weight is 391 g/mol. The summed E-state index contributed by atoms with van der Waals surface area (Å²) in [7, 11) is 0. The molecule has 2 heterocycles. The average Bonchev–Trinajstić information content (AvgIpc) is 3.33. The number of nitrogens with one attached hydrogen (secondary N) is 2. The van der Waals surface area contributed by atoms with Gasteiger partial charge >= 0.3 is 0 Å². The molecule has 6 heteroatoms. The van der Waals surface area contributed by atoms with Crippen molar-refractivity contribution in [1.82, 2.24) is 20.2 Å². The van der Waals surface area contributed by atoms with Crippen molar-refractivity contribution in [2.45, 2.75) is 44.3 Å². The Balaban J connectivity index is 0.00000210. The highest BCUT2D eigenvalue weighted by Gasteiger charge is 2.34. The van der Waals surface area contributed by atoms with Crippen molar-refractivity contribution in [2.75, 3.05) is 26.3 Å². The Hall–Kier alpha value is -1.40. The van der Waals surface area contributed by atoms with Crippen molar-refractivity contribution >= 4 is 12.4 Å². The minimum atomic E-state index is 0. The van der Waals surface area contributed by atoms with Gasteiger partial charge in [-0.1, -0.05) is 36.8 Å². The van der Waals surface area contributed by atoms with Crippen LogP contribution in [0.25, 0.3) is 0 Å². The lowest BCUT2D eigenvalue weighted by atomic mass is 9.94. The highest BCUT2D eigenvalue weighted by molar-refractivity contribution is 5.85. The van der Waals surface area contributed by atoms with Crippen molar-refractivity contribution in [3.8, 4) is 0 Å². The fourth-order valence-electron chi connectivity index (χ4n) is 4.45. The molecule has 1 saturated carbocycles. The van der Waals surface area contributed by atoms with E-state index in [0.717, 1.165) is 45.1 Å². The Kier molecular flexibility index (Phi) is 7.70. The molecule has 1 aliphatic heterocycles. The zero-order valence-electron chi connectivity index (χ0n) is 15.8. The van der Waals surface area contributed by atoms with Crippen LogP contribution in [0.2, 0.25) is 0 Å². The molecule has 0 spiro atoms. The molecule has 0 bridgehead atoms. The molecule has 148 valence electrons. The maximum atomic E-state index is 5.67. The van der Waals surface area contributed by atoms with Crippen molar-refractivity contribution < 1.29 is 4.74 Å². The van der Waals surface area contributed by atoms with Crippen LogP contribution in [0.15, 0.2) is 42.7 Å². The summed E-state index contributed by atoms with van der Waals surface area (Å²) in [5, 5.41) is 7.46. The molecule has 1 aliphatic carbocycles. The summed E-state index contributed by atoms with van der Waals surface area (Å²) in [6.07, 6.45) is 8.88. The van der Waals surface area contributed by atoms with Crippen molar-refractivity contribution in [1.29, 1.82) is 0 Å². The van der Waals surface area contributed by atoms with Gasteiger partial charge in [-0.15, -0.1) is 12.4 Å². The fraction of sp³-hybridized carbons (Fsp3) is 0.571. The first-order valence-corrected chi connectivity index (χ1v) is 9.98. The molecule has 0 amide bonds. The molecule has 3 atom stereocenters. The molecule has 27 heavy (non-hydrogen) atoms. The molecule has 2 N–H and O–H groups in total. The van der Waals surface area contributed by atoms with Crippen molar-refractivity contribution in [3.05, 3.63) is 54.1 Å². The van der Waals surface area contributed by atoms with Crippen LogP contribution in [0.4, 0.5) is 0 Å². The molecule has 2 aliphatic rings. The summed E-state index contributed by atoms with van der Waals surface area (Å²) in [6.45, 7) is 4.59. The first kappa shape index (κ1) is 20.3. The van der Waals surface area contributed by atoms with Crippen LogP contribution in [0.3, 0.4) is 0 Å². The number of aromatic nitrogens is 2. The number of rotatable bonds is 7. The van der Waals surface area contributed by atoms with E-state index in [2.05, 4.69) is 56.7 Å². The van der Waals surface area contributed by atoms with Crippen LogP contribution in [0, 0.1) is 5.92 Å². The summed E-state index contributed by atoms with van der Waals surface area (Å²) >= 11 is 0. The number of imidazole rings is 1. The molecular weight excluding hydrogens is 360 g/mol. The van der Waals surface area contributed by atoms with Crippen LogP contribution < -0.4 is 10.6 Å². The number of ether oxygens (including phenoxy) is 1. The Morgan fingerprint density at radius 2 is 2.11 bits per heavy atom. The third-order valence-electron chi connectivity index (χ3n) is 5.79. The molecule has 3 unspecified atom stereocenters.